The van der Waals surface area contributed by atoms with Gasteiger partial charge >= 0.3 is 6.09 Å². The molecule has 6 heteroatoms. The van der Waals surface area contributed by atoms with Gasteiger partial charge < -0.3 is 20.3 Å². The van der Waals surface area contributed by atoms with E-state index in [1.165, 1.54) is 16.7 Å². The van der Waals surface area contributed by atoms with Crippen LogP contribution in [0.4, 0.5) is 4.79 Å². The summed E-state index contributed by atoms with van der Waals surface area (Å²) in [6, 6.07) is 14.4. The number of benzene rings is 2. The SMILES string of the molecule is Cc1cccc(CNC(=O)C2=C(c3cccc(C4=CC=CNC4)c3)CCN(C(=O)OC(C)(C)C)C2)c1C. The summed E-state index contributed by atoms with van der Waals surface area (Å²) in [6.07, 6.45) is 6.21. The Morgan fingerprint density at radius 1 is 1.08 bits per heavy atom. The van der Waals surface area contributed by atoms with Gasteiger partial charge in [0.15, 0.2) is 0 Å². The van der Waals surface area contributed by atoms with Crippen LogP contribution in [0, 0.1) is 13.8 Å². The molecule has 6 nitrogen and oxygen atoms in total. The molecule has 2 aliphatic rings. The topological polar surface area (TPSA) is 70.7 Å². The minimum atomic E-state index is -0.600. The smallest absolute Gasteiger partial charge is 0.410 e. The second-order valence-corrected chi connectivity index (χ2v) is 10.7. The predicted octanol–water partition coefficient (Wildman–Crippen LogP) is 5.51. The number of amides is 2. The van der Waals surface area contributed by atoms with E-state index >= 15 is 0 Å². The fraction of sp³-hybridized carbons (Fsp3) is 0.355. The first kappa shape index (κ1) is 26.3. The highest BCUT2D eigenvalue weighted by molar-refractivity contribution is 6.02. The molecule has 0 aromatic heterocycles. The highest BCUT2D eigenvalue weighted by Crippen LogP contribution is 2.31. The number of hydrogen-bond donors (Lipinski definition) is 2. The minimum absolute atomic E-state index is 0.156. The molecule has 0 unspecified atom stereocenters. The number of ether oxygens (including phenoxy) is 1. The van der Waals surface area contributed by atoms with Gasteiger partial charge in [-0.05, 0) is 98.3 Å². The van der Waals surface area contributed by atoms with Crippen LogP contribution in [0.15, 0.2) is 66.4 Å². The van der Waals surface area contributed by atoms with E-state index in [9.17, 15) is 9.59 Å². The summed E-state index contributed by atoms with van der Waals surface area (Å²) in [4.78, 5) is 28.1. The summed E-state index contributed by atoms with van der Waals surface area (Å²) in [5.74, 6) is -0.156. The monoisotopic (exact) mass is 499 g/mol. The highest BCUT2D eigenvalue weighted by Gasteiger charge is 2.30. The van der Waals surface area contributed by atoms with Gasteiger partial charge in [-0.1, -0.05) is 42.5 Å². The standard InChI is InChI=1S/C31H37N3O3/c1-21-9-6-12-25(22(21)2)19-33-29(35)28-20-34(30(36)37-31(3,4)5)16-14-27(28)24-11-7-10-23(17-24)26-13-8-15-32-18-26/h6-13,15,17,32H,14,16,18-20H2,1-5H3,(H,33,35). The van der Waals surface area contributed by atoms with Crippen molar-refractivity contribution < 1.29 is 14.3 Å². The summed E-state index contributed by atoms with van der Waals surface area (Å²) >= 11 is 0. The van der Waals surface area contributed by atoms with E-state index in [2.05, 4.69) is 48.8 Å². The average Bonchev–Trinajstić information content (AvgIpc) is 2.88. The van der Waals surface area contributed by atoms with Crippen molar-refractivity contribution in [1.29, 1.82) is 0 Å². The fourth-order valence-electron chi connectivity index (χ4n) is 4.62. The van der Waals surface area contributed by atoms with Crippen LogP contribution >= 0.6 is 0 Å². The Hall–Kier alpha value is -3.80. The maximum Gasteiger partial charge on any atom is 0.410 e. The van der Waals surface area contributed by atoms with Crippen LogP contribution in [0.1, 0.15) is 55.0 Å². The lowest BCUT2D eigenvalue weighted by Crippen LogP contribution is -2.43. The van der Waals surface area contributed by atoms with E-state index in [0.717, 1.165) is 28.8 Å². The van der Waals surface area contributed by atoms with E-state index in [1.807, 2.05) is 57.3 Å². The molecule has 0 fully saturated rings. The lowest BCUT2D eigenvalue weighted by Gasteiger charge is -2.32. The largest absolute Gasteiger partial charge is 0.444 e. The van der Waals surface area contributed by atoms with Crippen molar-refractivity contribution >= 4 is 23.1 Å². The van der Waals surface area contributed by atoms with Gasteiger partial charge in [0.25, 0.3) is 0 Å². The molecule has 2 aromatic rings. The first-order valence-electron chi connectivity index (χ1n) is 12.9. The Labute approximate surface area is 220 Å². The number of nitrogens with one attached hydrogen (secondary N) is 2. The third-order valence-corrected chi connectivity index (χ3v) is 6.81. The van der Waals surface area contributed by atoms with Crippen molar-refractivity contribution in [2.75, 3.05) is 19.6 Å². The molecule has 0 saturated heterocycles. The Morgan fingerprint density at radius 2 is 1.84 bits per heavy atom. The van der Waals surface area contributed by atoms with Crippen LogP contribution in [0.3, 0.4) is 0 Å². The van der Waals surface area contributed by atoms with Gasteiger partial charge in [0, 0.05) is 25.2 Å². The second-order valence-electron chi connectivity index (χ2n) is 10.7. The molecule has 194 valence electrons. The van der Waals surface area contributed by atoms with Gasteiger partial charge in [0.2, 0.25) is 5.91 Å². The number of allylic oxidation sites excluding steroid dienone is 2. The van der Waals surface area contributed by atoms with Crippen molar-refractivity contribution in [2.24, 2.45) is 0 Å². The first-order valence-corrected chi connectivity index (χ1v) is 12.9. The Balaban J connectivity index is 1.65. The number of dihydropyridines is 1. The van der Waals surface area contributed by atoms with Crippen LogP contribution in [-0.2, 0) is 16.1 Å². The first-order chi connectivity index (χ1) is 17.6. The van der Waals surface area contributed by atoms with E-state index in [0.29, 0.717) is 25.1 Å². The van der Waals surface area contributed by atoms with Gasteiger partial charge in [0.1, 0.15) is 5.60 Å². The van der Waals surface area contributed by atoms with Crippen molar-refractivity contribution in [3.63, 3.8) is 0 Å². The maximum absolute atomic E-state index is 13.6. The van der Waals surface area contributed by atoms with Crippen LogP contribution in [0.5, 0.6) is 0 Å². The molecule has 0 spiro atoms. The molecular formula is C31H37N3O3. The summed E-state index contributed by atoms with van der Waals surface area (Å²) < 4.78 is 5.61. The van der Waals surface area contributed by atoms with Crippen molar-refractivity contribution in [3.8, 4) is 0 Å². The average molecular weight is 500 g/mol. The molecule has 4 rings (SSSR count). The Morgan fingerprint density at radius 3 is 2.57 bits per heavy atom. The van der Waals surface area contributed by atoms with Crippen LogP contribution in [0.2, 0.25) is 0 Å². The molecule has 2 amide bonds. The number of carbonyl (C=O) groups excluding carboxylic acids is 2. The molecule has 2 aromatic carbocycles. The van der Waals surface area contributed by atoms with E-state index < -0.39 is 11.7 Å². The zero-order valence-corrected chi connectivity index (χ0v) is 22.5. The van der Waals surface area contributed by atoms with Crippen molar-refractivity contribution in [3.05, 3.63) is 94.2 Å². The van der Waals surface area contributed by atoms with Gasteiger partial charge in [-0.15, -0.1) is 0 Å². The highest BCUT2D eigenvalue weighted by atomic mass is 16.6. The molecule has 0 radical (unpaired) electrons. The Kier molecular flexibility index (Phi) is 7.86. The molecule has 0 atom stereocenters. The number of hydrogen-bond acceptors (Lipinski definition) is 4. The molecule has 2 aliphatic heterocycles. The zero-order chi connectivity index (χ0) is 26.6. The summed E-state index contributed by atoms with van der Waals surface area (Å²) in [6.45, 7) is 11.6. The summed E-state index contributed by atoms with van der Waals surface area (Å²) in [5, 5.41) is 6.37. The van der Waals surface area contributed by atoms with Crippen molar-refractivity contribution in [1.82, 2.24) is 15.5 Å². The van der Waals surface area contributed by atoms with Crippen LogP contribution in [0.25, 0.3) is 11.1 Å². The fourth-order valence-corrected chi connectivity index (χ4v) is 4.62. The van der Waals surface area contributed by atoms with E-state index in [1.54, 1.807) is 4.90 Å². The molecule has 37 heavy (non-hydrogen) atoms. The lowest BCUT2D eigenvalue weighted by atomic mass is 9.90. The molecule has 0 saturated carbocycles. The molecule has 2 heterocycles. The number of rotatable bonds is 5. The molecule has 0 bridgehead atoms. The number of carbonyl (C=O) groups is 2. The molecule has 2 N–H and O–H groups in total. The van der Waals surface area contributed by atoms with Gasteiger partial charge in [-0.25, -0.2) is 4.79 Å². The van der Waals surface area contributed by atoms with Gasteiger partial charge in [-0.2, -0.15) is 0 Å². The number of nitrogens with zero attached hydrogens (tertiary/aromatic N) is 1. The lowest BCUT2D eigenvalue weighted by molar-refractivity contribution is -0.117. The minimum Gasteiger partial charge on any atom is -0.444 e. The van der Waals surface area contributed by atoms with Gasteiger partial charge in [0.05, 0.1) is 6.54 Å². The molecular weight excluding hydrogens is 462 g/mol. The Bertz CT molecular complexity index is 1280. The van der Waals surface area contributed by atoms with Crippen molar-refractivity contribution in [2.45, 2.75) is 53.2 Å². The van der Waals surface area contributed by atoms with E-state index in [4.69, 9.17) is 4.74 Å². The predicted molar refractivity (Wildman–Crippen MR) is 149 cm³/mol. The normalized spacial score (nSPS) is 15.7. The second kappa shape index (κ2) is 11.1. The van der Waals surface area contributed by atoms with Gasteiger partial charge in [-0.3, -0.25) is 4.79 Å². The zero-order valence-electron chi connectivity index (χ0n) is 22.5. The summed E-state index contributed by atoms with van der Waals surface area (Å²) in [7, 11) is 0. The van der Waals surface area contributed by atoms with Crippen LogP contribution in [-0.4, -0.2) is 42.1 Å². The van der Waals surface area contributed by atoms with E-state index in [-0.39, 0.29) is 12.5 Å². The summed E-state index contributed by atoms with van der Waals surface area (Å²) in [5.41, 5.74) is 7.75. The molecule has 0 aliphatic carbocycles. The third-order valence-electron chi connectivity index (χ3n) is 6.81. The maximum atomic E-state index is 13.6. The third kappa shape index (κ3) is 6.50. The quantitative estimate of drug-likeness (QED) is 0.569. The number of aryl methyl sites for hydroxylation is 1. The van der Waals surface area contributed by atoms with Crippen LogP contribution < -0.4 is 10.6 Å².